The molecule has 2 aliphatic rings. The van der Waals surface area contributed by atoms with Crippen LogP contribution in [0.25, 0.3) is 28.0 Å². The molecule has 0 unspecified atom stereocenters. The number of thioether (sulfide) groups is 1. The number of carboxylic acid groups (broad SMARTS) is 1. The molecule has 2 fully saturated rings. The van der Waals surface area contributed by atoms with E-state index in [1.165, 1.54) is 18.9 Å². The highest BCUT2D eigenvalue weighted by molar-refractivity contribution is 8.26. The number of carboxylic acids is 1. The molecule has 0 spiro atoms. The number of aliphatic carboxylic acids is 1. The molecule has 4 aromatic carbocycles. The maximum Gasteiger partial charge on any atom is 0.307 e. The van der Waals surface area contributed by atoms with Crippen LogP contribution in [0, 0.1) is 0 Å². The second-order valence-corrected chi connectivity index (χ2v) is 13.6. The average molecular weight is 715 g/mol. The number of hydrogen-bond acceptors (Lipinski definition) is 10. The van der Waals surface area contributed by atoms with E-state index in [1.807, 2.05) is 42.5 Å². The van der Waals surface area contributed by atoms with Crippen molar-refractivity contribution >= 4 is 57.0 Å². The van der Waals surface area contributed by atoms with Crippen molar-refractivity contribution in [2.24, 2.45) is 0 Å². The number of fused-ring (bicyclic) bond motifs is 1. The van der Waals surface area contributed by atoms with Crippen LogP contribution in [-0.2, 0) is 20.7 Å². The molecule has 2 heterocycles. The van der Waals surface area contributed by atoms with Crippen LogP contribution >= 0.6 is 24.0 Å². The van der Waals surface area contributed by atoms with E-state index < -0.39 is 5.97 Å². The molecule has 0 radical (unpaired) electrons. The Bertz CT molecular complexity index is 1920. The molecule has 2 N–H and O–H groups in total. The fraction of sp³-hybridized carbons (Fsp3) is 0.289. The molecule has 12 heteroatoms. The number of ether oxygens (including phenoxy) is 4. The Morgan fingerprint density at radius 2 is 1.62 bits per heavy atom. The number of carbonyl (C=O) groups excluding carboxylic acids is 1. The molecule has 1 amide bonds. The van der Waals surface area contributed by atoms with Crippen LogP contribution in [0.1, 0.15) is 17.5 Å². The predicted octanol–water partition coefficient (Wildman–Crippen LogP) is 6.23. The van der Waals surface area contributed by atoms with Crippen molar-refractivity contribution in [1.29, 1.82) is 0 Å². The summed E-state index contributed by atoms with van der Waals surface area (Å²) in [5.74, 6) is 0.723. The van der Waals surface area contributed by atoms with E-state index in [2.05, 4.69) is 11.0 Å². The Morgan fingerprint density at radius 3 is 2.42 bits per heavy atom. The highest BCUT2D eigenvalue weighted by Gasteiger charge is 2.32. The first-order chi connectivity index (χ1) is 24.3. The largest absolute Gasteiger partial charge is 0.508 e. The van der Waals surface area contributed by atoms with Crippen LogP contribution < -0.4 is 14.2 Å². The Balaban J connectivity index is 1.17. The summed E-state index contributed by atoms with van der Waals surface area (Å²) in [4.78, 5) is 29.2. The van der Waals surface area contributed by atoms with Gasteiger partial charge in [-0.2, -0.15) is 0 Å². The Labute approximate surface area is 300 Å². The molecule has 10 nitrogen and oxygen atoms in total. The zero-order valence-corrected chi connectivity index (χ0v) is 29.3. The molecule has 0 bridgehead atoms. The first-order valence-electron chi connectivity index (χ1n) is 16.3. The maximum absolute atomic E-state index is 13.6. The zero-order valence-electron chi connectivity index (χ0n) is 27.6. The van der Waals surface area contributed by atoms with E-state index in [-0.39, 0.29) is 24.7 Å². The molecule has 0 atom stereocenters. The number of carbonyl (C=O) groups is 2. The molecular weight excluding hydrogens is 677 g/mol. The number of phenols is 1. The lowest BCUT2D eigenvalue weighted by Gasteiger charge is -2.26. The van der Waals surface area contributed by atoms with E-state index >= 15 is 0 Å². The third-order valence-electron chi connectivity index (χ3n) is 8.46. The highest BCUT2D eigenvalue weighted by Crippen LogP contribution is 2.37. The summed E-state index contributed by atoms with van der Waals surface area (Å²) in [7, 11) is 1.52. The number of aromatic hydroxyl groups is 1. The molecule has 0 saturated carbocycles. The fourth-order valence-corrected chi connectivity index (χ4v) is 7.15. The lowest BCUT2D eigenvalue weighted by atomic mass is 9.99. The van der Waals surface area contributed by atoms with Crippen LogP contribution in [0.2, 0.25) is 0 Å². The summed E-state index contributed by atoms with van der Waals surface area (Å²) in [6, 6.07) is 22.4. The van der Waals surface area contributed by atoms with Gasteiger partial charge >= 0.3 is 5.97 Å². The van der Waals surface area contributed by atoms with Gasteiger partial charge in [0.15, 0.2) is 11.5 Å². The van der Waals surface area contributed by atoms with E-state index in [0.717, 1.165) is 47.1 Å². The summed E-state index contributed by atoms with van der Waals surface area (Å²) in [6.45, 7) is 5.06. The second kappa shape index (κ2) is 16.4. The van der Waals surface area contributed by atoms with E-state index in [0.29, 0.717) is 64.8 Å². The molecule has 6 rings (SSSR count). The minimum absolute atomic E-state index is 0.125. The standard InChI is InChI=1S/C38H38N2O8S2/c1-45-33-9-3-25(20-36(42)43)19-34(33)47-15-2-11-40-37(44)35(50-38(40)49)24-30-22-28(26-4-5-29-23-31(41)8-6-27(29)21-26)7-10-32(30)48-18-14-39-12-16-46-17-13-39/h3-10,19,21-24,41H,2,11-18,20H2,1H3,(H,42,43). The van der Waals surface area contributed by atoms with Gasteiger partial charge < -0.3 is 29.2 Å². The number of phenolic OH excluding ortho intramolecular Hbond substituents is 1. The Kier molecular flexibility index (Phi) is 11.5. The van der Waals surface area contributed by atoms with Gasteiger partial charge in [0.2, 0.25) is 0 Å². The zero-order chi connectivity index (χ0) is 35.0. The SMILES string of the molecule is COc1ccc(CC(=O)O)cc1OCCCN1C(=O)C(=Cc2cc(-c3ccc4cc(O)ccc4c3)ccc2OCCN2CCOCC2)SC1=S. The third kappa shape index (κ3) is 8.75. The molecule has 260 valence electrons. The number of amides is 1. The maximum atomic E-state index is 13.6. The number of nitrogens with zero attached hydrogens (tertiary/aromatic N) is 2. The lowest BCUT2D eigenvalue weighted by molar-refractivity contribution is -0.136. The van der Waals surface area contributed by atoms with E-state index in [4.69, 9.17) is 36.3 Å². The molecule has 4 aromatic rings. The van der Waals surface area contributed by atoms with Crippen LogP contribution in [0.15, 0.2) is 77.7 Å². The normalized spacial score (nSPS) is 15.9. The third-order valence-corrected chi connectivity index (χ3v) is 9.84. The molecule has 50 heavy (non-hydrogen) atoms. The van der Waals surface area contributed by atoms with Crippen molar-refractivity contribution in [3.05, 3.63) is 88.8 Å². The number of rotatable bonds is 14. The molecule has 2 aliphatic heterocycles. The minimum Gasteiger partial charge on any atom is -0.508 e. The van der Waals surface area contributed by atoms with Gasteiger partial charge in [-0.25, -0.2) is 0 Å². The number of morpholine rings is 1. The summed E-state index contributed by atoms with van der Waals surface area (Å²) in [6.07, 6.45) is 2.22. The van der Waals surface area contributed by atoms with E-state index in [1.54, 1.807) is 35.2 Å². The van der Waals surface area contributed by atoms with Gasteiger partial charge in [0.05, 0.1) is 38.3 Å². The summed E-state index contributed by atoms with van der Waals surface area (Å²) >= 11 is 6.88. The summed E-state index contributed by atoms with van der Waals surface area (Å²) in [5.41, 5.74) is 3.33. The highest BCUT2D eigenvalue weighted by atomic mass is 32.2. The smallest absolute Gasteiger partial charge is 0.307 e. The first kappa shape index (κ1) is 35.2. The van der Waals surface area contributed by atoms with Crippen molar-refractivity contribution in [1.82, 2.24) is 9.80 Å². The Hall–Kier alpha value is -4.62. The molecular formula is C38H38N2O8S2. The summed E-state index contributed by atoms with van der Waals surface area (Å²) < 4.78 is 23.5. The van der Waals surface area contributed by atoms with Crippen LogP contribution in [0.5, 0.6) is 23.0 Å². The summed E-state index contributed by atoms with van der Waals surface area (Å²) in [5, 5.41) is 21.0. The van der Waals surface area contributed by atoms with Gasteiger partial charge in [0.1, 0.15) is 22.4 Å². The molecule has 0 aromatic heterocycles. The first-order valence-corrected chi connectivity index (χ1v) is 17.6. The van der Waals surface area contributed by atoms with Gasteiger partial charge in [-0.05, 0) is 82.4 Å². The van der Waals surface area contributed by atoms with Crippen LogP contribution in [0.4, 0.5) is 0 Å². The van der Waals surface area contributed by atoms with Crippen molar-refractivity contribution in [3.8, 4) is 34.1 Å². The number of benzene rings is 4. The topological polar surface area (TPSA) is 118 Å². The molecule has 2 saturated heterocycles. The predicted molar refractivity (Wildman–Crippen MR) is 198 cm³/mol. The Morgan fingerprint density at radius 1 is 0.900 bits per heavy atom. The van der Waals surface area contributed by atoms with Gasteiger partial charge in [-0.15, -0.1) is 0 Å². The van der Waals surface area contributed by atoms with E-state index in [9.17, 15) is 14.7 Å². The van der Waals surface area contributed by atoms with Gasteiger partial charge in [0, 0.05) is 31.7 Å². The number of hydrogen-bond donors (Lipinski definition) is 2. The number of methoxy groups -OCH3 is 1. The average Bonchev–Trinajstić information content (AvgIpc) is 3.38. The van der Waals surface area contributed by atoms with Crippen molar-refractivity contribution in [2.75, 3.05) is 59.7 Å². The number of thiocarbonyl (C=S) groups is 1. The van der Waals surface area contributed by atoms with Crippen LogP contribution in [-0.4, -0.2) is 95.9 Å². The van der Waals surface area contributed by atoms with Crippen molar-refractivity contribution < 1.29 is 38.7 Å². The molecule has 0 aliphatic carbocycles. The quantitative estimate of drug-likeness (QED) is 0.0880. The minimum atomic E-state index is -0.933. The lowest BCUT2D eigenvalue weighted by Crippen LogP contribution is -2.38. The van der Waals surface area contributed by atoms with Crippen molar-refractivity contribution in [2.45, 2.75) is 12.8 Å². The van der Waals surface area contributed by atoms with Crippen LogP contribution in [0.3, 0.4) is 0 Å². The second-order valence-electron chi connectivity index (χ2n) is 11.9. The van der Waals surface area contributed by atoms with Gasteiger partial charge in [-0.1, -0.05) is 54.3 Å². The van der Waals surface area contributed by atoms with Gasteiger partial charge in [-0.3, -0.25) is 19.4 Å². The van der Waals surface area contributed by atoms with Crippen molar-refractivity contribution in [3.63, 3.8) is 0 Å². The monoisotopic (exact) mass is 714 g/mol. The fourth-order valence-electron chi connectivity index (χ4n) is 5.85. The van der Waals surface area contributed by atoms with Gasteiger partial charge in [0.25, 0.3) is 5.91 Å².